The number of nitrogens with one attached hydrogen (secondary N) is 1. The van der Waals surface area contributed by atoms with Crippen molar-refractivity contribution in [1.29, 1.82) is 0 Å². The Bertz CT molecular complexity index is 898. The Morgan fingerprint density at radius 3 is 2.39 bits per heavy atom. The molecule has 1 aliphatic rings. The average molecular weight is 404 g/mol. The Morgan fingerprint density at radius 2 is 1.71 bits per heavy atom. The first-order chi connectivity index (χ1) is 13.4. The first kappa shape index (κ1) is 20.2. The van der Waals surface area contributed by atoms with E-state index in [2.05, 4.69) is 5.32 Å². The predicted octanol–water partition coefficient (Wildman–Crippen LogP) is 2.67. The molecule has 1 N–H and O–H groups in total. The van der Waals surface area contributed by atoms with Crippen LogP contribution in [-0.2, 0) is 27.8 Å². The second-order valence-corrected chi connectivity index (χ2v) is 8.91. The van der Waals surface area contributed by atoms with Gasteiger partial charge in [-0.2, -0.15) is 0 Å². The highest BCUT2D eigenvalue weighted by atomic mass is 32.2. The molecule has 0 atom stereocenters. The SMILES string of the molecule is COc1ccc(COCc2cccc(NC(=O)N3CCS(=O)(=O)CC3)c2)cc1. The number of rotatable bonds is 6. The van der Waals surface area contributed by atoms with Gasteiger partial charge >= 0.3 is 6.03 Å². The van der Waals surface area contributed by atoms with Gasteiger partial charge in [0.25, 0.3) is 0 Å². The van der Waals surface area contributed by atoms with E-state index < -0.39 is 9.84 Å². The lowest BCUT2D eigenvalue weighted by Gasteiger charge is -2.26. The van der Waals surface area contributed by atoms with Crippen LogP contribution in [0, 0.1) is 0 Å². The molecule has 0 saturated carbocycles. The summed E-state index contributed by atoms with van der Waals surface area (Å²) in [5.41, 5.74) is 2.64. The Hall–Kier alpha value is -2.58. The summed E-state index contributed by atoms with van der Waals surface area (Å²) in [6.45, 7) is 1.33. The monoisotopic (exact) mass is 404 g/mol. The van der Waals surface area contributed by atoms with E-state index in [1.165, 1.54) is 4.90 Å². The van der Waals surface area contributed by atoms with Crippen molar-refractivity contribution in [2.24, 2.45) is 0 Å². The zero-order valence-corrected chi connectivity index (χ0v) is 16.6. The van der Waals surface area contributed by atoms with Gasteiger partial charge in [-0.3, -0.25) is 0 Å². The van der Waals surface area contributed by atoms with Crippen LogP contribution in [0.2, 0.25) is 0 Å². The van der Waals surface area contributed by atoms with E-state index in [1.54, 1.807) is 13.2 Å². The topological polar surface area (TPSA) is 84.9 Å². The Balaban J connectivity index is 1.50. The van der Waals surface area contributed by atoms with Crippen molar-refractivity contribution in [3.63, 3.8) is 0 Å². The molecule has 1 heterocycles. The molecule has 0 aliphatic carbocycles. The lowest BCUT2D eigenvalue weighted by atomic mass is 10.2. The predicted molar refractivity (Wildman–Crippen MR) is 107 cm³/mol. The maximum atomic E-state index is 12.3. The van der Waals surface area contributed by atoms with Crippen molar-refractivity contribution in [2.45, 2.75) is 13.2 Å². The zero-order chi connectivity index (χ0) is 20.0. The van der Waals surface area contributed by atoms with Crippen molar-refractivity contribution in [2.75, 3.05) is 37.0 Å². The molecule has 0 spiro atoms. The van der Waals surface area contributed by atoms with E-state index in [0.717, 1.165) is 16.9 Å². The van der Waals surface area contributed by atoms with Crippen LogP contribution in [0.15, 0.2) is 48.5 Å². The van der Waals surface area contributed by atoms with Crippen LogP contribution < -0.4 is 10.1 Å². The fourth-order valence-electron chi connectivity index (χ4n) is 2.87. The number of methoxy groups -OCH3 is 1. The highest BCUT2D eigenvalue weighted by Gasteiger charge is 2.24. The molecule has 8 heteroatoms. The number of sulfone groups is 1. The van der Waals surface area contributed by atoms with Gasteiger partial charge in [-0.15, -0.1) is 0 Å². The summed E-state index contributed by atoms with van der Waals surface area (Å²) in [5, 5.41) is 2.82. The van der Waals surface area contributed by atoms with Crippen LogP contribution in [0.3, 0.4) is 0 Å². The molecule has 1 aliphatic heterocycles. The number of amides is 2. The molecular weight excluding hydrogens is 380 g/mol. The van der Waals surface area contributed by atoms with Gasteiger partial charge in [0.1, 0.15) is 5.75 Å². The maximum Gasteiger partial charge on any atom is 0.321 e. The average Bonchev–Trinajstić information content (AvgIpc) is 2.69. The molecule has 0 aromatic heterocycles. The lowest BCUT2D eigenvalue weighted by Crippen LogP contribution is -2.45. The number of nitrogens with zero attached hydrogens (tertiary/aromatic N) is 1. The van der Waals surface area contributed by atoms with Crippen LogP contribution in [0.5, 0.6) is 5.75 Å². The summed E-state index contributed by atoms with van der Waals surface area (Å²) in [4.78, 5) is 13.8. The normalized spacial score (nSPS) is 15.8. The van der Waals surface area contributed by atoms with Crippen molar-refractivity contribution in [3.8, 4) is 5.75 Å². The molecule has 0 bridgehead atoms. The highest BCUT2D eigenvalue weighted by Crippen LogP contribution is 2.16. The summed E-state index contributed by atoms with van der Waals surface area (Å²) in [6.07, 6.45) is 0. The highest BCUT2D eigenvalue weighted by molar-refractivity contribution is 7.91. The molecule has 2 aromatic rings. The van der Waals surface area contributed by atoms with Crippen molar-refractivity contribution in [3.05, 3.63) is 59.7 Å². The number of anilines is 1. The second kappa shape index (κ2) is 9.07. The van der Waals surface area contributed by atoms with E-state index in [1.807, 2.05) is 42.5 Å². The number of hydrogen-bond acceptors (Lipinski definition) is 5. The molecule has 2 amide bonds. The lowest BCUT2D eigenvalue weighted by molar-refractivity contribution is 0.107. The summed E-state index contributed by atoms with van der Waals surface area (Å²) >= 11 is 0. The minimum absolute atomic E-state index is 0.0136. The maximum absolute atomic E-state index is 12.3. The number of carbonyl (C=O) groups excluding carboxylic acids is 1. The Morgan fingerprint density at radius 1 is 1.04 bits per heavy atom. The van der Waals surface area contributed by atoms with Gasteiger partial charge in [-0.1, -0.05) is 24.3 Å². The van der Waals surface area contributed by atoms with E-state index in [9.17, 15) is 13.2 Å². The third kappa shape index (κ3) is 5.71. The number of urea groups is 1. The van der Waals surface area contributed by atoms with Crippen LogP contribution in [0.4, 0.5) is 10.5 Å². The number of carbonyl (C=O) groups is 1. The fourth-order valence-corrected chi connectivity index (χ4v) is 4.07. The van der Waals surface area contributed by atoms with Crippen LogP contribution in [0.1, 0.15) is 11.1 Å². The molecular formula is C20H24N2O5S. The Labute approximate surface area is 165 Å². The standard InChI is InChI=1S/C20H24N2O5S/c1-26-19-7-5-16(6-8-19)14-27-15-17-3-2-4-18(13-17)21-20(23)22-9-11-28(24,25)12-10-22/h2-8,13H,9-12,14-15H2,1H3,(H,21,23). The molecule has 7 nitrogen and oxygen atoms in total. The minimum Gasteiger partial charge on any atom is -0.497 e. The quantitative estimate of drug-likeness (QED) is 0.800. The van der Waals surface area contributed by atoms with Gasteiger partial charge in [0.15, 0.2) is 9.84 Å². The zero-order valence-electron chi connectivity index (χ0n) is 15.8. The van der Waals surface area contributed by atoms with Gasteiger partial charge in [-0.25, -0.2) is 13.2 Å². The second-order valence-electron chi connectivity index (χ2n) is 6.61. The first-order valence-electron chi connectivity index (χ1n) is 9.01. The number of hydrogen-bond donors (Lipinski definition) is 1. The Kier molecular flexibility index (Phi) is 6.53. The molecule has 0 unspecified atom stereocenters. The van der Waals surface area contributed by atoms with E-state index in [-0.39, 0.29) is 30.6 Å². The van der Waals surface area contributed by atoms with Gasteiger partial charge < -0.3 is 19.7 Å². The first-order valence-corrected chi connectivity index (χ1v) is 10.8. The smallest absolute Gasteiger partial charge is 0.321 e. The number of ether oxygens (including phenoxy) is 2. The van der Waals surface area contributed by atoms with E-state index in [0.29, 0.717) is 18.9 Å². The third-order valence-electron chi connectivity index (χ3n) is 4.51. The molecule has 3 rings (SSSR count). The molecule has 28 heavy (non-hydrogen) atoms. The van der Waals surface area contributed by atoms with Gasteiger partial charge in [0, 0.05) is 18.8 Å². The van der Waals surface area contributed by atoms with E-state index >= 15 is 0 Å². The van der Waals surface area contributed by atoms with Gasteiger partial charge in [-0.05, 0) is 35.4 Å². The molecule has 1 fully saturated rings. The van der Waals surface area contributed by atoms with Gasteiger partial charge in [0.2, 0.25) is 0 Å². The summed E-state index contributed by atoms with van der Waals surface area (Å²) < 4.78 is 33.8. The minimum atomic E-state index is -3.01. The van der Waals surface area contributed by atoms with Crippen LogP contribution >= 0.6 is 0 Å². The largest absolute Gasteiger partial charge is 0.497 e. The van der Waals surface area contributed by atoms with Gasteiger partial charge in [0.05, 0.1) is 31.8 Å². The van der Waals surface area contributed by atoms with Crippen LogP contribution in [0.25, 0.3) is 0 Å². The summed E-state index contributed by atoms with van der Waals surface area (Å²) in [5.74, 6) is 0.831. The molecule has 150 valence electrons. The molecule has 1 saturated heterocycles. The third-order valence-corrected chi connectivity index (χ3v) is 6.12. The summed E-state index contributed by atoms with van der Waals surface area (Å²) in [6, 6.07) is 14.8. The van der Waals surface area contributed by atoms with Crippen molar-refractivity contribution in [1.82, 2.24) is 4.90 Å². The fraction of sp³-hybridized carbons (Fsp3) is 0.350. The van der Waals surface area contributed by atoms with Crippen molar-refractivity contribution < 1.29 is 22.7 Å². The van der Waals surface area contributed by atoms with Crippen molar-refractivity contribution >= 4 is 21.6 Å². The number of benzene rings is 2. The molecule has 2 aromatic carbocycles. The van der Waals surface area contributed by atoms with E-state index in [4.69, 9.17) is 9.47 Å². The van der Waals surface area contributed by atoms with Crippen LogP contribution in [-0.4, -0.2) is 51.1 Å². The summed E-state index contributed by atoms with van der Waals surface area (Å²) in [7, 11) is -1.38. The molecule has 0 radical (unpaired) electrons.